The Kier molecular flexibility index (Phi) is 3.37. The van der Waals surface area contributed by atoms with Gasteiger partial charge >= 0.3 is 7.12 Å². The van der Waals surface area contributed by atoms with Crippen molar-refractivity contribution < 1.29 is 18.4 Å². The molecule has 5 heteroatoms. The van der Waals surface area contributed by atoms with Gasteiger partial charge in [0.05, 0.1) is 17.8 Å². The Morgan fingerprint density at radius 2 is 1.71 bits per heavy atom. The van der Waals surface area contributed by atoms with Crippen molar-refractivity contribution in [1.82, 2.24) is 0 Å². The van der Waals surface area contributed by atoms with Crippen LogP contribution in [0.4, 0.5) is 4.39 Å². The molecule has 0 bridgehead atoms. The molecule has 0 aliphatic carbocycles. The quantitative estimate of drug-likeness (QED) is 0.737. The third-order valence-electron chi connectivity index (χ3n) is 4.57. The lowest BCUT2D eigenvalue weighted by molar-refractivity contribution is 0.00578. The summed E-state index contributed by atoms with van der Waals surface area (Å²) in [5, 5.41) is 0. The summed E-state index contributed by atoms with van der Waals surface area (Å²) in [6.07, 6.45) is 0.521. The van der Waals surface area contributed by atoms with Gasteiger partial charge in [-0.25, -0.2) is 4.39 Å². The van der Waals surface area contributed by atoms with Crippen LogP contribution in [0.2, 0.25) is 0 Å². The van der Waals surface area contributed by atoms with Gasteiger partial charge in [0.15, 0.2) is 0 Å². The van der Waals surface area contributed by atoms with E-state index in [1.807, 2.05) is 52.0 Å². The molecule has 0 amide bonds. The van der Waals surface area contributed by atoms with E-state index in [9.17, 15) is 4.39 Å². The molecule has 3 nitrogen and oxygen atoms in total. The van der Waals surface area contributed by atoms with Crippen LogP contribution in [0.5, 0.6) is 5.75 Å². The summed E-state index contributed by atoms with van der Waals surface area (Å²) in [4.78, 5) is 0. The van der Waals surface area contributed by atoms with Gasteiger partial charge in [-0.05, 0) is 39.3 Å². The molecule has 2 heterocycles. The molecule has 112 valence electrons. The number of halogens is 1. The molecule has 0 saturated carbocycles. The molecule has 0 spiro atoms. The lowest BCUT2D eigenvalue weighted by atomic mass is 9.81. The fraction of sp³-hybridized carbons (Fsp3) is 0.500. The van der Waals surface area contributed by atoms with Gasteiger partial charge in [-0.1, -0.05) is 18.2 Å². The minimum Gasteiger partial charge on any atom is -0.493 e. The average Bonchev–Trinajstić information content (AvgIpc) is 2.66. The van der Waals surface area contributed by atoms with Crippen molar-refractivity contribution in [3.05, 3.63) is 35.6 Å². The van der Waals surface area contributed by atoms with Gasteiger partial charge in [0, 0.05) is 12.0 Å². The van der Waals surface area contributed by atoms with Crippen LogP contribution in [0.3, 0.4) is 0 Å². The van der Waals surface area contributed by atoms with Crippen LogP contribution in [-0.2, 0) is 9.31 Å². The molecule has 0 unspecified atom stereocenters. The zero-order valence-corrected chi connectivity index (χ0v) is 12.9. The first-order valence-electron chi connectivity index (χ1n) is 7.28. The molecular formula is C16H20BFO3. The number of hydrogen-bond donors (Lipinski definition) is 0. The zero-order chi connectivity index (χ0) is 15.3. The number of fused-ring (bicyclic) bond motifs is 1. The molecule has 0 N–H and O–H groups in total. The van der Waals surface area contributed by atoms with Gasteiger partial charge in [-0.3, -0.25) is 0 Å². The van der Waals surface area contributed by atoms with Crippen LogP contribution < -0.4 is 4.74 Å². The van der Waals surface area contributed by atoms with Gasteiger partial charge < -0.3 is 14.0 Å². The largest absolute Gasteiger partial charge is 0.525 e. The fourth-order valence-corrected chi connectivity index (χ4v) is 2.58. The molecule has 1 aromatic rings. The summed E-state index contributed by atoms with van der Waals surface area (Å²) in [5.74, 6) is 0.713. The Morgan fingerprint density at radius 1 is 1.10 bits per heavy atom. The topological polar surface area (TPSA) is 27.7 Å². The van der Waals surface area contributed by atoms with Crippen molar-refractivity contribution in [3.63, 3.8) is 0 Å². The molecule has 0 aromatic heterocycles. The van der Waals surface area contributed by atoms with E-state index in [4.69, 9.17) is 14.0 Å². The highest BCUT2D eigenvalue weighted by molar-refractivity contribution is 6.55. The van der Waals surface area contributed by atoms with Gasteiger partial charge in [-0.2, -0.15) is 0 Å². The van der Waals surface area contributed by atoms with Crippen molar-refractivity contribution in [2.75, 3.05) is 6.61 Å². The van der Waals surface area contributed by atoms with Gasteiger partial charge in [0.25, 0.3) is 0 Å². The van der Waals surface area contributed by atoms with E-state index in [0.717, 1.165) is 5.56 Å². The van der Waals surface area contributed by atoms with E-state index in [1.165, 1.54) is 0 Å². The Hall–Kier alpha value is -1.33. The first kappa shape index (κ1) is 14.6. The molecule has 2 aliphatic rings. The Balaban J connectivity index is 1.98. The zero-order valence-electron chi connectivity index (χ0n) is 12.9. The van der Waals surface area contributed by atoms with E-state index in [-0.39, 0.29) is 5.73 Å². The molecule has 21 heavy (non-hydrogen) atoms. The summed E-state index contributed by atoms with van der Waals surface area (Å²) >= 11 is 0. The van der Waals surface area contributed by atoms with Crippen molar-refractivity contribution in [3.8, 4) is 5.75 Å². The molecule has 1 aromatic carbocycles. The maximum absolute atomic E-state index is 14.9. The number of ether oxygens (including phenoxy) is 1. The summed E-state index contributed by atoms with van der Waals surface area (Å²) in [7, 11) is -0.948. The maximum Gasteiger partial charge on any atom is 0.525 e. The first-order valence-corrected chi connectivity index (χ1v) is 7.28. The van der Waals surface area contributed by atoms with Crippen LogP contribution in [-0.4, -0.2) is 24.9 Å². The third kappa shape index (κ3) is 2.38. The summed E-state index contributed by atoms with van der Waals surface area (Å²) in [6, 6.07) is 7.49. The Bertz CT molecular complexity index is 579. The summed E-state index contributed by atoms with van der Waals surface area (Å²) < 4.78 is 32.1. The molecular weight excluding hydrogens is 270 g/mol. The van der Waals surface area contributed by atoms with E-state index >= 15 is 0 Å². The average molecular weight is 290 g/mol. The summed E-state index contributed by atoms with van der Waals surface area (Å²) in [6.45, 7) is 8.15. The second-order valence-corrected chi connectivity index (χ2v) is 6.51. The smallest absolute Gasteiger partial charge is 0.493 e. The third-order valence-corrected chi connectivity index (χ3v) is 4.57. The number of hydrogen-bond acceptors (Lipinski definition) is 3. The Morgan fingerprint density at radius 3 is 2.38 bits per heavy atom. The minimum absolute atomic E-state index is 0.343. The van der Waals surface area contributed by atoms with Gasteiger partial charge in [0.1, 0.15) is 11.5 Å². The standard InChI is InChI=1S/C16H20BFO3/c1-15(2)16(3,4)21-17(20-15)14(18)12-9-10-19-13-8-6-5-7-11(12)13/h5-8H,9-10H2,1-4H3. The molecule has 3 rings (SSSR count). The van der Waals surface area contributed by atoms with Crippen molar-refractivity contribution in [1.29, 1.82) is 0 Å². The van der Waals surface area contributed by atoms with Gasteiger partial charge in [-0.15, -0.1) is 0 Å². The second-order valence-electron chi connectivity index (χ2n) is 6.51. The van der Waals surface area contributed by atoms with E-state index < -0.39 is 18.3 Å². The van der Waals surface area contributed by atoms with Crippen LogP contribution in [0.25, 0.3) is 5.57 Å². The molecule has 1 fully saturated rings. The van der Waals surface area contributed by atoms with Crippen molar-refractivity contribution in [2.24, 2.45) is 0 Å². The number of benzene rings is 1. The molecule has 2 aliphatic heterocycles. The molecule has 1 saturated heterocycles. The lowest BCUT2D eigenvalue weighted by Gasteiger charge is -2.32. The maximum atomic E-state index is 14.9. The number of rotatable bonds is 1. The van der Waals surface area contributed by atoms with Crippen molar-refractivity contribution in [2.45, 2.75) is 45.3 Å². The molecule has 0 radical (unpaired) electrons. The van der Waals surface area contributed by atoms with Crippen LogP contribution in [0.15, 0.2) is 30.0 Å². The van der Waals surface area contributed by atoms with Gasteiger partial charge in [0.2, 0.25) is 0 Å². The number of para-hydroxylation sites is 1. The highest BCUT2D eigenvalue weighted by Gasteiger charge is 2.53. The fourth-order valence-electron chi connectivity index (χ4n) is 2.58. The minimum atomic E-state index is -0.948. The second kappa shape index (κ2) is 4.85. The Labute approximate surface area is 125 Å². The predicted molar refractivity (Wildman–Crippen MR) is 80.7 cm³/mol. The first-order chi connectivity index (χ1) is 9.82. The lowest BCUT2D eigenvalue weighted by Crippen LogP contribution is -2.41. The van der Waals surface area contributed by atoms with E-state index in [0.29, 0.717) is 24.4 Å². The highest BCUT2D eigenvalue weighted by Crippen LogP contribution is 2.42. The predicted octanol–water partition coefficient (Wildman–Crippen LogP) is 3.78. The normalized spacial score (nSPS) is 25.3. The van der Waals surface area contributed by atoms with Crippen LogP contribution in [0.1, 0.15) is 39.7 Å². The van der Waals surface area contributed by atoms with Crippen LogP contribution >= 0.6 is 0 Å². The van der Waals surface area contributed by atoms with E-state index in [1.54, 1.807) is 0 Å². The molecule has 0 atom stereocenters. The van der Waals surface area contributed by atoms with Crippen LogP contribution in [0, 0.1) is 0 Å². The highest BCUT2D eigenvalue weighted by atomic mass is 19.1. The summed E-state index contributed by atoms with van der Waals surface area (Å²) in [5.41, 5.74) is -0.0174. The SMILES string of the molecule is CC1(C)OB(C(F)=C2CCOc3ccccc32)OC1(C)C. The van der Waals surface area contributed by atoms with E-state index in [2.05, 4.69) is 0 Å². The monoisotopic (exact) mass is 290 g/mol. The van der Waals surface area contributed by atoms with Crippen molar-refractivity contribution >= 4 is 12.7 Å².